The number of nitrogen functional groups attached to an aromatic ring is 1. The van der Waals surface area contributed by atoms with E-state index in [2.05, 4.69) is 5.32 Å². The van der Waals surface area contributed by atoms with Gasteiger partial charge in [0.2, 0.25) is 0 Å². The molecule has 5 N–H and O–H groups in total. The molecule has 1 aromatic carbocycles. The Morgan fingerprint density at radius 2 is 2.24 bits per heavy atom. The zero-order valence-electron chi connectivity index (χ0n) is 9.43. The number of rotatable bonds is 5. The van der Waals surface area contributed by atoms with Gasteiger partial charge in [-0.2, -0.15) is 0 Å². The maximum atomic E-state index is 10.6. The van der Waals surface area contributed by atoms with Crippen LogP contribution in [-0.4, -0.2) is 17.5 Å². The Kier molecular flexibility index (Phi) is 3.14. The number of nitro benzene ring substituents is 1. The fourth-order valence-corrected chi connectivity index (χ4v) is 1.76. The van der Waals surface area contributed by atoms with Gasteiger partial charge in [-0.05, 0) is 30.9 Å². The maximum absolute atomic E-state index is 10.6. The molecule has 6 heteroatoms. The van der Waals surface area contributed by atoms with Crippen LogP contribution in [0.3, 0.4) is 0 Å². The highest BCUT2D eigenvalue weighted by molar-refractivity contribution is 5.65. The molecule has 92 valence electrons. The van der Waals surface area contributed by atoms with Crippen LogP contribution in [0.4, 0.5) is 17.1 Å². The van der Waals surface area contributed by atoms with Crippen molar-refractivity contribution in [2.24, 2.45) is 11.7 Å². The number of anilines is 2. The molecular formula is C11H16N4O2. The third kappa shape index (κ3) is 2.85. The fraction of sp³-hybridized carbons (Fsp3) is 0.455. The lowest BCUT2D eigenvalue weighted by molar-refractivity contribution is -0.383. The molecule has 0 aliphatic heterocycles. The lowest BCUT2D eigenvalue weighted by Crippen LogP contribution is -2.31. The second-order valence-electron chi connectivity index (χ2n) is 4.41. The largest absolute Gasteiger partial charge is 0.393 e. The first-order valence-electron chi connectivity index (χ1n) is 5.61. The molecule has 0 aromatic heterocycles. The number of benzene rings is 1. The highest BCUT2D eigenvalue weighted by Crippen LogP contribution is 2.31. The highest BCUT2D eigenvalue weighted by atomic mass is 16.6. The third-order valence-electron chi connectivity index (χ3n) is 2.99. The van der Waals surface area contributed by atoms with Crippen LogP contribution < -0.4 is 16.8 Å². The summed E-state index contributed by atoms with van der Waals surface area (Å²) < 4.78 is 0. The van der Waals surface area contributed by atoms with Gasteiger partial charge in [0.05, 0.1) is 4.92 Å². The molecule has 1 aromatic rings. The Morgan fingerprint density at radius 1 is 1.53 bits per heavy atom. The molecule has 1 fully saturated rings. The maximum Gasteiger partial charge on any atom is 0.292 e. The smallest absolute Gasteiger partial charge is 0.292 e. The molecule has 6 nitrogen and oxygen atoms in total. The highest BCUT2D eigenvalue weighted by Gasteiger charge is 2.28. The molecule has 1 unspecified atom stereocenters. The van der Waals surface area contributed by atoms with Crippen molar-refractivity contribution in [2.45, 2.75) is 18.9 Å². The van der Waals surface area contributed by atoms with Crippen LogP contribution in [0.25, 0.3) is 0 Å². The van der Waals surface area contributed by atoms with Gasteiger partial charge in [0, 0.05) is 24.3 Å². The van der Waals surface area contributed by atoms with Gasteiger partial charge in [0.1, 0.15) is 5.69 Å². The first-order valence-corrected chi connectivity index (χ1v) is 5.61. The summed E-state index contributed by atoms with van der Waals surface area (Å²) in [5.74, 6) is 0.623. The van der Waals surface area contributed by atoms with E-state index in [0.717, 1.165) is 5.69 Å². The zero-order valence-corrected chi connectivity index (χ0v) is 9.43. The summed E-state index contributed by atoms with van der Waals surface area (Å²) in [5.41, 5.74) is 12.4. The molecular weight excluding hydrogens is 220 g/mol. The molecule has 0 spiro atoms. The topological polar surface area (TPSA) is 107 Å². The van der Waals surface area contributed by atoms with Crippen molar-refractivity contribution < 1.29 is 4.92 Å². The van der Waals surface area contributed by atoms with E-state index < -0.39 is 4.92 Å². The molecule has 1 aliphatic rings. The Morgan fingerprint density at radius 3 is 2.76 bits per heavy atom. The van der Waals surface area contributed by atoms with Crippen molar-refractivity contribution in [3.05, 3.63) is 28.3 Å². The van der Waals surface area contributed by atoms with Gasteiger partial charge in [-0.15, -0.1) is 0 Å². The summed E-state index contributed by atoms with van der Waals surface area (Å²) >= 11 is 0. The van der Waals surface area contributed by atoms with Gasteiger partial charge in [0.25, 0.3) is 5.69 Å². The van der Waals surface area contributed by atoms with E-state index in [1.807, 2.05) is 0 Å². The van der Waals surface area contributed by atoms with Crippen LogP contribution in [0.1, 0.15) is 12.8 Å². The Hall–Kier alpha value is -1.82. The predicted octanol–water partition coefficient (Wildman–Crippen LogP) is 1.33. The quantitative estimate of drug-likeness (QED) is 0.406. The minimum atomic E-state index is -0.491. The molecule has 1 atom stereocenters. The Bertz CT molecular complexity index is 431. The minimum absolute atomic E-state index is 0.0676. The summed E-state index contributed by atoms with van der Waals surface area (Å²) in [7, 11) is 0. The van der Waals surface area contributed by atoms with E-state index in [1.54, 1.807) is 12.1 Å². The standard InChI is InChI=1S/C11H16N4O2/c12-9-5-8(3-4-11(9)15(16)17)14-6-10(13)7-1-2-7/h3-5,7,10,14H,1-2,6,12-13H2. The van der Waals surface area contributed by atoms with E-state index in [4.69, 9.17) is 11.5 Å². The number of hydrogen-bond acceptors (Lipinski definition) is 5. The third-order valence-corrected chi connectivity index (χ3v) is 2.99. The average Bonchev–Trinajstić information content (AvgIpc) is 3.09. The molecule has 0 heterocycles. The Balaban J connectivity index is 1.97. The van der Waals surface area contributed by atoms with E-state index in [0.29, 0.717) is 12.5 Å². The van der Waals surface area contributed by atoms with Gasteiger partial charge in [-0.1, -0.05) is 0 Å². The van der Waals surface area contributed by atoms with Gasteiger partial charge in [-0.3, -0.25) is 10.1 Å². The van der Waals surface area contributed by atoms with Crippen LogP contribution >= 0.6 is 0 Å². The molecule has 1 aliphatic carbocycles. The SMILES string of the molecule is Nc1cc(NCC(N)C2CC2)ccc1[N+](=O)[O-]. The van der Waals surface area contributed by atoms with Gasteiger partial charge in [0.15, 0.2) is 0 Å². The first kappa shape index (κ1) is 11.7. The van der Waals surface area contributed by atoms with Gasteiger partial charge < -0.3 is 16.8 Å². The van der Waals surface area contributed by atoms with Crippen molar-refractivity contribution in [1.29, 1.82) is 0 Å². The molecule has 17 heavy (non-hydrogen) atoms. The van der Waals surface area contributed by atoms with Gasteiger partial charge >= 0.3 is 0 Å². The normalized spacial score (nSPS) is 16.5. The number of nitrogens with one attached hydrogen (secondary N) is 1. The van der Waals surface area contributed by atoms with Crippen LogP contribution in [0.15, 0.2) is 18.2 Å². The van der Waals surface area contributed by atoms with Crippen molar-refractivity contribution in [3.63, 3.8) is 0 Å². The van der Waals surface area contributed by atoms with Crippen LogP contribution in [-0.2, 0) is 0 Å². The summed E-state index contributed by atoms with van der Waals surface area (Å²) in [6, 6.07) is 4.76. The monoisotopic (exact) mass is 236 g/mol. The molecule has 1 saturated carbocycles. The summed E-state index contributed by atoms with van der Waals surface area (Å²) in [4.78, 5) is 10.1. The zero-order chi connectivity index (χ0) is 12.4. The molecule has 0 amide bonds. The van der Waals surface area contributed by atoms with Crippen molar-refractivity contribution in [1.82, 2.24) is 0 Å². The minimum Gasteiger partial charge on any atom is -0.393 e. The summed E-state index contributed by atoms with van der Waals surface area (Å²) in [5, 5.41) is 13.7. The lowest BCUT2D eigenvalue weighted by Gasteiger charge is -2.12. The number of hydrogen-bond donors (Lipinski definition) is 3. The van der Waals surface area contributed by atoms with Crippen LogP contribution in [0.2, 0.25) is 0 Å². The fourth-order valence-electron chi connectivity index (χ4n) is 1.76. The van der Waals surface area contributed by atoms with E-state index >= 15 is 0 Å². The van der Waals surface area contributed by atoms with Crippen LogP contribution in [0.5, 0.6) is 0 Å². The van der Waals surface area contributed by atoms with E-state index in [-0.39, 0.29) is 17.4 Å². The summed E-state index contributed by atoms with van der Waals surface area (Å²) in [6.07, 6.45) is 2.40. The second kappa shape index (κ2) is 4.58. The van der Waals surface area contributed by atoms with Crippen molar-refractivity contribution in [3.8, 4) is 0 Å². The predicted molar refractivity (Wildman–Crippen MR) is 66.7 cm³/mol. The summed E-state index contributed by atoms with van der Waals surface area (Å²) in [6.45, 7) is 0.669. The van der Waals surface area contributed by atoms with E-state index in [9.17, 15) is 10.1 Å². The number of nitrogens with two attached hydrogens (primary N) is 2. The van der Waals surface area contributed by atoms with E-state index in [1.165, 1.54) is 18.9 Å². The first-order chi connectivity index (χ1) is 8.08. The van der Waals surface area contributed by atoms with Crippen molar-refractivity contribution >= 4 is 17.1 Å². The number of nitro groups is 1. The second-order valence-corrected chi connectivity index (χ2v) is 4.41. The molecule has 2 rings (SSSR count). The lowest BCUT2D eigenvalue weighted by atomic mass is 10.2. The molecule has 0 saturated heterocycles. The Labute approximate surface area is 99.1 Å². The average molecular weight is 236 g/mol. The van der Waals surface area contributed by atoms with Crippen LogP contribution in [0, 0.1) is 16.0 Å². The molecule has 0 bridgehead atoms. The number of nitrogens with zero attached hydrogens (tertiary/aromatic N) is 1. The van der Waals surface area contributed by atoms with Gasteiger partial charge in [-0.25, -0.2) is 0 Å². The van der Waals surface area contributed by atoms with Crippen molar-refractivity contribution in [2.75, 3.05) is 17.6 Å². The molecule has 0 radical (unpaired) electrons.